The van der Waals surface area contributed by atoms with Crippen molar-refractivity contribution in [2.45, 2.75) is 25.3 Å². The van der Waals surface area contributed by atoms with Gasteiger partial charge in [-0.1, -0.05) is 30.3 Å². The Morgan fingerprint density at radius 1 is 0.935 bits per heavy atom. The summed E-state index contributed by atoms with van der Waals surface area (Å²) in [7, 11) is -3.61. The van der Waals surface area contributed by atoms with E-state index >= 15 is 0 Å². The SMILES string of the molecule is Cc1nc(C)c(-c2ccnc(Nc3ccc(S(=O)(=O)NCc4ccccc4)cc3)n2)s1. The van der Waals surface area contributed by atoms with Crippen LogP contribution in [0.2, 0.25) is 0 Å². The second-order valence-corrected chi connectivity index (χ2v) is 9.84. The molecular weight excluding hydrogens is 430 g/mol. The topological polar surface area (TPSA) is 96.9 Å². The van der Waals surface area contributed by atoms with Crippen LogP contribution in [0.1, 0.15) is 16.3 Å². The van der Waals surface area contributed by atoms with Crippen LogP contribution < -0.4 is 10.0 Å². The molecule has 0 bridgehead atoms. The van der Waals surface area contributed by atoms with E-state index in [1.54, 1.807) is 41.8 Å². The summed E-state index contributed by atoms with van der Waals surface area (Å²) in [4.78, 5) is 14.5. The molecule has 0 radical (unpaired) electrons. The standard InChI is InChI=1S/C22H21N5O2S2/c1-15-21(30-16(2)25-15)20-12-13-23-22(27-20)26-18-8-10-19(11-9-18)31(28,29)24-14-17-6-4-3-5-7-17/h3-13,24H,14H2,1-2H3,(H,23,26,27). The molecule has 158 valence electrons. The Morgan fingerprint density at radius 2 is 1.68 bits per heavy atom. The van der Waals surface area contributed by atoms with Gasteiger partial charge in [-0.2, -0.15) is 0 Å². The van der Waals surface area contributed by atoms with Gasteiger partial charge in [0.25, 0.3) is 0 Å². The van der Waals surface area contributed by atoms with Gasteiger partial charge in [-0.25, -0.2) is 28.1 Å². The van der Waals surface area contributed by atoms with Crippen LogP contribution in [-0.4, -0.2) is 23.4 Å². The van der Waals surface area contributed by atoms with E-state index in [0.717, 1.165) is 26.8 Å². The summed E-state index contributed by atoms with van der Waals surface area (Å²) >= 11 is 1.59. The molecule has 0 aliphatic rings. The van der Waals surface area contributed by atoms with Crippen LogP contribution in [0.25, 0.3) is 10.6 Å². The number of thiazole rings is 1. The fourth-order valence-corrected chi connectivity index (χ4v) is 4.93. The summed E-state index contributed by atoms with van der Waals surface area (Å²) < 4.78 is 27.7. The number of anilines is 2. The predicted molar refractivity (Wildman–Crippen MR) is 123 cm³/mol. The maximum Gasteiger partial charge on any atom is 0.240 e. The first kappa shape index (κ1) is 21.1. The molecule has 0 fully saturated rings. The Morgan fingerprint density at radius 3 is 2.35 bits per heavy atom. The third-order valence-electron chi connectivity index (χ3n) is 4.52. The van der Waals surface area contributed by atoms with Gasteiger partial charge in [-0.05, 0) is 49.7 Å². The molecule has 2 aromatic carbocycles. The molecule has 0 saturated carbocycles. The first-order chi connectivity index (χ1) is 14.9. The van der Waals surface area contributed by atoms with E-state index < -0.39 is 10.0 Å². The van der Waals surface area contributed by atoms with Gasteiger partial charge >= 0.3 is 0 Å². The van der Waals surface area contributed by atoms with Crippen LogP contribution in [0.3, 0.4) is 0 Å². The average molecular weight is 452 g/mol. The van der Waals surface area contributed by atoms with Crippen LogP contribution in [0.15, 0.2) is 71.8 Å². The first-order valence-electron chi connectivity index (χ1n) is 9.59. The molecule has 0 aliphatic heterocycles. The molecule has 4 rings (SSSR count). The lowest BCUT2D eigenvalue weighted by Crippen LogP contribution is -2.23. The normalized spacial score (nSPS) is 11.4. The smallest absolute Gasteiger partial charge is 0.240 e. The molecule has 7 nitrogen and oxygen atoms in total. The number of rotatable bonds is 7. The van der Waals surface area contributed by atoms with Gasteiger partial charge in [0.15, 0.2) is 0 Å². The number of aromatic nitrogens is 3. The zero-order chi connectivity index (χ0) is 21.8. The second kappa shape index (κ2) is 8.93. The molecule has 0 aliphatic carbocycles. The molecule has 0 saturated heterocycles. The molecule has 31 heavy (non-hydrogen) atoms. The van der Waals surface area contributed by atoms with Crippen molar-refractivity contribution in [1.29, 1.82) is 0 Å². The van der Waals surface area contributed by atoms with Crippen molar-refractivity contribution in [3.05, 3.63) is 83.1 Å². The third kappa shape index (κ3) is 5.13. The Bertz CT molecular complexity index is 1290. The van der Waals surface area contributed by atoms with Crippen LogP contribution in [0.5, 0.6) is 0 Å². The molecule has 2 N–H and O–H groups in total. The van der Waals surface area contributed by atoms with E-state index in [-0.39, 0.29) is 11.4 Å². The van der Waals surface area contributed by atoms with E-state index in [4.69, 9.17) is 0 Å². The summed E-state index contributed by atoms with van der Waals surface area (Å²) in [6.07, 6.45) is 1.69. The van der Waals surface area contributed by atoms with E-state index in [9.17, 15) is 8.42 Å². The minimum absolute atomic E-state index is 0.194. The van der Waals surface area contributed by atoms with Crippen molar-refractivity contribution in [2.75, 3.05) is 5.32 Å². The number of benzene rings is 2. The molecule has 9 heteroatoms. The summed E-state index contributed by atoms with van der Waals surface area (Å²) in [5.41, 5.74) is 3.32. The van der Waals surface area contributed by atoms with Crippen LogP contribution >= 0.6 is 11.3 Å². The fourth-order valence-electron chi connectivity index (χ4n) is 3.02. The van der Waals surface area contributed by atoms with Gasteiger partial charge in [0.1, 0.15) is 0 Å². The highest BCUT2D eigenvalue weighted by Crippen LogP contribution is 2.28. The van der Waals surface area contributed by atoms with Gasteiger partial charge in [0.05, 0.1) is 26.2 Å². The van der Waals surface area contributed by atoms with Gasteiger partial charge in [0, 0.05) is 18.4 Å². The minimum Gasteiger partial charge on any atom is -0.324 e. The molecule has 2 heterocycles. The van der Waals surface area contributed by atoms with Crippen molar-refractivity contribution in [3.8, 4) is 10.6 Å². The highest BCUT2D eigenvalue weighted by Gasteiger charge is 2.14. The van der Waals surface area contributed by atoms with E-state index in [0.29, 0.717) is 11.6 Å². The van der Waals surface area contributed by atoms with Crippen LogP contribution in [0.4, 0.5) is 11.6 Å². The lowest BCUT2D eigenvalue weighted by atomic mass is 10.2. The fraction of sp³-hybridized carbons (Fsp3) is 0.136. The number of nitrogens with one attached hydrogen (secondary N) is 2. The van der Waals surface area contributed by atoms with Crippen molar-refractivity contribution >= 4 is 33.0 Å². The number of sulfonamides is 1. The molecule has 0 unspecified atom stereocenters. The Balaban J connectivity index is 1.46. The first-order valence-corrected chi connectivity index (χ1v) is 11.9. The third-order valence-corrected chi connectivity index (χ3v) is 7.03. The monoisotopic (exact) mass is 451 g/mol. The Hall–Kier alpha value is -3.14. The van der Waals surface area contributed by atoms with Crippen molar-refractivity contribution in [2.24, 2.45) is 0 Å². The maximum atomic E-state index is 12.5. The highest BCUT2D eigenvalue weighted by atomic mass is 32.2. The van der Waals surface area contributed by atoms with Crippen LogP contribution in [0, 0.1) is 13.8 Å². The van der Waals surface area contributed by atoms with Gasteiger partial charge < -0.3 is 5.32 Å². The zero-order valence-electron chi connectivity index (χ0n) is 17.0. The number of hydrogen-bond donors (Lipinski definition) is 2. The molecule has 0 spiro atoms. The van der Waals surface area contributed by atoms with Gasteiger partial charge in [0.2, 0.25) is 16.0 Å². The van der Waals surface area contributed by atoms with Crippen LogP contribution in [-0.2, 0) is 16.6 Å². The summed E-state index contributed by atoms with van der Waals surface area (Å²) in [5, 5.41) is 4.11. The lowest BCUT2D eigenvalue weighted by molar-refractivity contribution is 0.581. The van der Waals surface area contributed by atoms with Crippen molar-refractivity contribution in [3.63, 3.8) is 0 Å². The highest BCUT2D eigenvalue weighted by molar-refractivity contribution is 7.89. The van der Waals surface area contributed by atoms with E-state index in [1.165, 1.54) is 0 Å². The number of nitrogens with zero attached hydrogens (tertiary/aromatic N) is 3. The van der Waals surface area contributed by atoms with E-state index in [1.807, 2.05) is 50.2 Å². The number of hydrogen-bond acceptors (Lipinski definition) is 7. The second-order valence-electron chi connectivity index (χ2n) is 6.87. The molecule has 2 aromatic heterocycles. The maximum absolute atomic E-state index is 12.5. The summed E-state index contributed by atoms with van der Waals surface area (Å²) in [5.74, 6) is 0.431. The largest absolute Gasteiger partial charge is 0.324 e. The zero-order valence-corrected chi connectivity index (χ0v) is 18.7. The summed E-state index contributed by atoms with van der Waals surface area (Å²) in [6, 6.07) is 17.7. The predicted octanol–water partition coefficient (Wildman–Crippen LogP) is 4.44. The average Bonchev–Trinajstić information content (AvgIpc) is 3.12. The molecule has 4 aromatic rings. The molecule has 0 atom stereocenters. The molecular formula is C22H21N5O2S2. The van der Waals surface area contributed by atoms with E-state index in [2.05, 4.69) is 25.0 Å². The van der Waals surface area contributed by atoms with Crippen molar-refractivity contribution < 1.29 is 8.42 Å². The van der Waals surface area contributed by atoms with Gasteiger partial charge in [-0.15, -0.1) is 11.3 Å². The molecule has 0 amide bonds. The Kier molecular flexibility index (Phi) is 6.08. The minimum atomic E-state index is -3.61. The van der Waals surface area contributed by atoms with Gasteiger partial charge in [-0.3, -0.25) is 0 Å². The quantitative estimate of drug-likeness (QED) is 0.431. The lowest BCUT2D eigenvalue weighted by Gasteiger charge is -2.09. The Labute approximate surface area is 185 Å². The number of aryl methyl sites for hydroxylation is 2. The summed E-state index contributed by atoms with van der Waals surface area (Å²) in [6.45, 7) is 4.16. The van der Waals surface area contributed by atoms with Crippen molar-refractivity contribution in [1.82, 2.24) is 19.7 Å².